The fourth-order valence-electron chi connectivity index (χ4n) is 5.07. The molecule has 5 aromatic carbocycles. The molecule has 0 spiro atoms. The molecule has 0 atom stereocenters. The van der Waals surface area contributed by atoms with Gasteiger partial charge in [-0.2, -0.15) is 0 Å². The van der Waals surface area contributed by atoms with E-state index in [4.69, 9.17) is 18.9 Å². The number of ether oxygens (including phenoxy) is 4. The molecular weight excluding hydrogens is 436 g/mol. The first-order chi connectivity index (χ1) is 17.1. The van der Waals surface area contributed by atoms with Gasteiger partial charge in [0, 0.05) is 10.8 Å². The molecule has 0 fully saturated rings. The van der Waals surface area contributed by atoms with Gasteiger partial charge in [-0.3, -0.25) is 0 Å². The zero-order valence-corrected chi connectivity index (χ0v) is 20.6. The van der Waals surface area contributed by atoms with E-state index in [0.29, 0.717) is 23.0 Å². The average Bonchev–Trinajstić information content (AvgIpc) is 2.91. The Morgan fingerprint density at radius 2 is 1.00 bits per heavy atom. The molecule has 5 rings (SSSR count). The maximum atomic E-state index is 5.98. The number of aryl methyl sites for hydroxylation is 1. The Kier molecular flexibility index (Phi) is 5.96. The summed E-state index contributed by atoms with van der Waals surface area (Å²) in [5.41, 5.74) is 5.76. The van der Waals surface area contributed by atoms with Gasteiger partial charge in [0.15, 0.2) is 23.0 Å². The van der Waals surface area contributed by atoms with Gasteiger partial charge in [-0.15, -0.1) is 0 Å². The van der Waals surface area contributed by atoms with Crippen molar-refractivity contribution in [1.29, 1.82) is 0 Å². The van der Waals surface area contributed by atoms with E-state index in [1.54, 1.807) is 28.4 Å². The molecule has 0 aliphatic heterocycles. The average molecular weight is 465 g/mol. The minimum Gasteiger partial charge on any atom is -0.493 e. The van der Waals surface area contributed by atoms with Crippen LogP contribution in [0.5, 0.6) is 23.0 Å². The lowest BCUT2D eigenvalue weighted by atomic mass is 9.83. The van der Waals surface area contributed by atoms with Crippen LogP contribution >= 0.6 is 0 Å². The van der Waals surface area contributed by atoms with E-state index in [1.165, 1.54) is 11.1 Å². The molecule has 0 radical (unpaired) electrons. The highest BCUT2D eigenvalue weighted by molar-refractivity contribution is 6.26. The molecule has 0 saturated carbocycles. The summed E-state index contributed by atoms with van der Waals surface area (Å²) in [4.78, 5) is 0. The van der Waals surface area contributed by atoms with Crippen LogP contribution in [-0.2, 0) is 0 Å². The highest BCUT2D eigenvalue weighted by atomic mass is 16.5. The van der Waals surface area contributed by atoms with E-state index in [1.807, 2.05) is 18.2 Å². The van der Waals surface area contributed by atoms with Crippen LogP contribution in [-0.4, -0.2) is 28.4 Å². The third-order valence-electron chi connectivity index (χ3n) is 6.61. The van der Waals surface area contributed by atoms with Gasteiger partial charge >= 0.3 is 0 Å². The predicted octanol–water partition coefficient (Wildman–Crippen LogP) is 7.67. The van der Waals surface area contributed by atoms with Gasteiger partial charge < -0.3 is 18.9 Å². The first-order valence-electron chi connectivity index (χ1n) is 11.5. The lowest BCUT2D eigenvalue weighted by Crippen LogP contribution is -1.99. The molecule has 35 heavy (non-hydrogen) atoms. The Morgan fingerprint density at radius 3 is 1.51 bits per heavy atom. The standard InChI is InChI=1S/C31H28O4/c1-19-11-9-10-14-21(19)27-23-16-18-25(33-3)31(35-5)29(23)28-22(15-17-24(32-2)30(28)34-4)26(27)20-12-7-6-8-13-20/h6-18H,1-5H3. The summed E-state index contributed by atoms with van der Waals surface area (Å²) in [6.45, 7) is 2.15. The van der Waals surface area contributed by atoms with Crippen molar-refractivity contribution in [2.45, 2.75) is 6.92 Å². The smallest absolute Gasteiger partial charge is 0.169 e. The third-order valence-corrected chi connectivity index (χ3v) is 6.61. The van der Waals surface area contributed by atoms with Crippen molar-refractivity contribution in [3.63, 3.8) is 0 Å². The van der Waals surface area contributed by atoms with Crippen LogP contribution in [0.25, 0.3) is 43.8 Å². The highest BCUT2D eigenvalue weighted by Crippen LogP contribution is 2.53. The Morgan fingerprint density at radius 1 is 0.486 bits per heavy atom. The molecule has 0 aliphatic rings. The minimum atomic E-state index is 0.661. The Labute approximate surface area is 205 Å². The van der Waals surface area contributed by atoms with Crippen molar-refractivity contribution >= 4 is 21.5 Å². The maximum Gasteiger partial charge on any atom is 0.169 e. The molecule has 0 saturated heterocycles. The van der Waals surface area contributed by atoms with Gasteiger partial charge in [0.25, 0.3) is 0 Å². The van der Waals surface area contributed by atoms with Crippen LogP contribution in [0, 0.1) is 6.92 Å². The fraction of sp³-hybridized carbons (Fsp3) is 0.161. The number of methoxy groups -OCH3 is 4. The predicted molar refractivity (Wildman–Crippen MR) is 143 cm³/mol. The summed E-state index contributed by atoms with van der Waals surface area (Å²) in [7, 11) is 6.66. The first kappa shape index (κ1) is 22.6. The molecule has 0 amide bonds. The Bertz CT molecular complexity index is 1540. The summed E-state index contributed by atoms with van der Waals surface area (Å²) >= 11 is 0. The second-order valence-electron chi connectivity index (χ2n) is 8.38. The number of benzene rings is 5. The van der Waals surface area contributed by atoms with Crippen molar-refractivity contribution in [3.8, 4) is 45.3 Å². The first-order valence-corrected chi connectivity index (χ1v) is 11.5. The zero-order valence-electron chi connectivity index (χ0n) is 20.6. The van der Waals surface area contributed by atoms with E-state index >= 15 is 0 Å². The highest BCUT2D eigenvalue weighted by Gasteiger charge is 2.25. The number of rotatable bonds is 6. The molecule has 4 heteroatoms. The van der Waals surface area contributed by atoms with Gasteiger partial charge in [0.05, 0.1) is 28.4 Å². The van der Waals surface area contributed by atoms with Gasteiger partial charge in [-0.1, -0.05) is 54.6 Å². The summed E-state index contributed by atoms with van der Waals surface area (Å²) in [6, 6.07) is 27.1. The minimum absolute atomic E-state index is 0.661. The number of hydrogen-bond donors (Lipinski definition) is 0. The van der Waals surface area contributed by atoms with Crippen molar-refractivity contribution in [1.82, 2.24) is 0 Å². The Hall–Kier alpha value is -4.18. The molecular formula is C31H28O4. The number of hydrogen-bond acceptors (Lipinski definition) is 4. The van der Waals surface area contributed by atoms with Crippen molar-refractivity contribution in [3.05, 3.63) is 84.4 Å². The van der Waals surface area contributed by atoms with Gasteiger partial charge in [0.2, 0.25) is 0 Å². The molecule has 0 aromatic heterocycles. The quantitative estimate of drug-likeness (QED) is 0.242. The molecule has 0 N–H and O–H groups in total. The monoisotopic (exact) mass is 464 g/mol. The van der Waals surface area contributed by atoms with Crippen LogP contribution in [0.15, 0.2) is 78.9 Å². The van der Waals surface area contributed by atoms with Crippen LogP contribution in [0.1, 0.15) is 5.56 Å². The van der Waals surface area contributed by atoms with Crippen LogP contribution in [0.3, 0.4) is 0 Å². The third kappa shape index (κ3) is 3.53. The summed E-state index contributed by atoms with van der Waals surface area (Å²) < 4.78 is 23.4. The molecule has 176 valence electrons. The second-order valence-corrected chi connectivity index (χ2v) is 8.38. The van der Waals surface area contributed by atoms with E-state index in [0.717, 1.165) is 38.2 Å². The van der Waals surface area contributed by atoms with Crippen LogP contribution in [0.2, 0.25) is 0 Å². The lowest BCUT2D eigenvalue weighted by Gasteiger charge is -2.23. The second kappa shape index (κ2) is 9.22. The molecule has 0 bridgehead atoms. The normalized spacial score (nSPS) is 11.0. The van der Waals surface area contributed by atoms with Crippen molar-refractivity contribution < 1.29 is 18.9 Å². The fourth-order valence-corrected chi connectivity index (χ4v) is 5.07. The lowest BCUT2D eigenvalue weighted by molar-refractivity contribution is 0.356. The molecule has 0 aliphatic carbocycles. The van der Waals surface area contributed by atoms with Gasteiger partial charge in [-0.05, 0) is 69.8 Å². The number of fused-ring (bicyclic) bond motifs is 3. The van der Waals surface area contributed by atoms with Crippen LogP contribution < -0.4 is 18.9 Å². The SMILES string of the molecule is COc1ccc2c(-c3ccccc3)c(-c3ccccc3C)c3ccc(OC)c(OC)c3c2c1OC. The van der Waals surface area contributed by atoms with E-state index in [-0.39, 0.29) is 0 Å². The van der Waals surface area contributed by atoms with Crippen molar-refractivity contribution in [2.75, 3.05) is 28.4 Å². The molecule has 5 aromatic rings. The summed E-state index contributed by atoms with van der Waals surface area (Å²) in [6.07, 6.45) is 0. The van der Waals surface area contributed by atoms with Crippen LogP contribution in [0.4, 0.5) is 0 Å². The maximum absolute atomic E-state index is 5.98. The van der Waals surface area contributed by atoms with Crippen molar-refractivity contribution in [2.24, 2.45) is 0 Å². The molecule has 0 unspecified atom stereocenters. The summed E-state index contributed by atoms with van der Waals surface area (Å²) in [5, 5.41) is 3.95. The van der Waals surface area contributed by atoms with Gasteiger partial charge in [0.1, 0.15) is 0 Å². The summed E-state index contributed by atoms with van der Waals surface area (Å²) in [5.74, 6) is 2.65. The van der Waals surface area contributed by atoms with Gasteiger partial charge in [-0.25, -0.2) is 0 Å². The zero-order chi connectivity index (χ0) is 24.5. The topological polar surface area (TPSA) is 36.9 Å². The molecule has 4 nitrogen and oxygen atoms in total. The Balaban J connectivity index is 2.15. The van der Waals surface area contributed by atoms with E-state index in [2.05, 4.69) is 67.6 Å². The largest absolute Gasteiger partial charge is 0.493 e. The molecule has 0 heterocycles. The van der Waals surface area contributed by atoms with E-state index < -0.39 is 0 Å². The van der Waals surface area contributed by atoms with E-state index in [9.17, 15) is 0 Å².